The molecule has 0 atom stereocenters. The minimum atomic E-state index is -4.65. The first-order valence-corrected chi connectivity index (χ1v) is 8.91. The lowest BCUT2D eigenvalue weighted by Gasteiger charge is -2.12. The number of aromatic nitrogens is 3. The molecule has 2 N–H and O–H groups in total. The summed E-state index contributed by atoms with van der Waals surface area (Å²) < 4.78 is 38.3. The van der Waals surface area contributed by atoms with Crippen molar-refractivity contribution in [1.29, 1.82) is 0 Å². The van der Waals surface area contributed by atoms with E-state index in [1.807, 2.05) is 0 Å². The monoisotopic (exact) mass is 478 g/mol. The van der Waals surface area contributed by atoms with Gasteiger partial charge in [-0.25, -0.2) is 15.0 Å². The molecule has 2 aromatic heterocycles. The van der Waals surface area contributed by atoms with Gasteiger partial charge in [0.1, 0.15) is 6.33 Å². The molecule has 14 heteroatoms. The minimum Gasteiger partial charge on any atom is -0.333 e. The van der Waals surface area contributed by atoms with E-state index < -0.39 is 27.4 Å². The highest BCUT2D eigenvalue weighted by Crippen LogP contribution is 2.38. The Labute approximate surface area is 181 Å². The lowest BCUT2D eigenvalue weighted by molar-refractivity contribution is -0.383. The van der Waals surface area contributed by atoms with Gasteiger partial charge in [0.15, 0.2) is 5.82 Å². The minimum absolute atomic E-state index is 0.106. The summed E-state index contributed by atoms with van der Waals surface area (Å²) >= 11 is 17.8. The Morgan fingerprint density at radius 3 is 2.23 bits per heavy atom. The molecule has 0 spiro atoms. The van der Waals surface area contributed by atoms with E-state index in [1.54, 1.807) is 6.07 Å². The number of pyridine rings is 1. The van der Waals surface area contributed by atoms with Crippen molar-refractivity contribution in [3.05, 3.63) is 67.5 Å². The fraction of sp³-hybridized carbons (Fsp3) is 0.0625. The lowest BCUT2D eigenvalue weighted by Crippen LogP contribution is -2.08. The lowest BCUT2D eigenvalue weighted by atomic mass is 10.2. The average Bonchev–Trinajstić information content (AvgIpc) is 2.66. The molecule has 3 rings (SSSR count). The van der Waals surface area contributed by atoms with Crippen LogP contribution in [0.25, 0.3) is 0 Å². The fourth-order valence-corrected chi connectivity index (χ4v) is 2.82. The Bertz CT molecular complexity index is 1130. The molecule has 0 saturated heterocycles. The van der Waals surface area contributed by atoms with E-state index in [9.17, 15) is 23.3 Å². The maximum absolute atomic E-state index is 12.8. The van der Waals surface area contributed by atoms with Crippen LogP contribution in [0.4, 0.5) is 42.0 Å². The maximum Gasteiger partial charge on any atom is 0.417 e. The Morgan fingerprint density at radius 2 is 1.63 bits per heavy atom. The number of nitrogens with zero attached hydrogens (tertiary/aromatic N) is 4. The van der Waals surface area contributed by atoms with Crippen molar-refractivity contribution in [1.82, 2.24) is 15.0 Å². The Kier molecular flexibility index (Phi) is 6.15. The van der Waals surface area contributed by atoms with Crippen molar-refractivity contribution in [2.75, 3.05) is 10.6 Å². The zero-order valence-corrected chi connectivity index (χ0v) is 16.6. The number of benzene rings is 1. The summed E-state index contributed by atoms with van der Waals surface area (Å²) in [6, 6.07) is 5.24. The third kappa shape index (κ3) is 4.64. The molecular formula is C16H8Cl3F3N6O2. The second kappa shape index (κ2) is 8.46. The van der Waals surface area contributed by atoms with Gasteiger partial charge in [-0.1, -0.05) is 40.9 Å². The first kappa shape index (κ1) is 21.8. The van der Waals surface area contributed by atoms with Crippen LogP contribution >= 0.6 is 34.8 Å². The first-order chi connectivity index (χ1) is 14.1. The van der Waals surface area contributed by atoms with E-state index in [-0.39, 0.29) is 33.2 Å². The van der Waals surface area contributed by atoms with Crippen molar-refractivity contribution >= 4 is 63.6 Å². The number of rotatable bonds is 5. The standard InChI is InChI=1S/C16H8Cl3F3N6O2/c17-8-2-1-3-10(11(8)19)26-14-12(28(29)30)15(25-6-24-14)27-13-9(18)4-7(5-23-13)16(20,21)22/h1-6H,(H2,23,24,25,26,27). The quantitative estimate of drug-likeness (QED) is 0.329. The molecule has 2 heterocycles. The summed E-state index contributed by atoms with van der Waals surface area (Å²) in [6.07, 6.45) is -3.12. The second-order valence-corrected chi connectivity index (χ2v) is 6.77. The molecule has 156 valence electrons. The summed E-state index contributed by atoms with van der Waals surface area (Å²) in [7, 11) is 0. The molecule has 0 aliphatic rings. The predicted octanol–water partition coefficient (Wildman–Crippen LogP) is 6.25. The van der Waals surface area contributed by atoms with Gasteiger partial charge in [0, 0.05) is 6.20 Å². The van der Waals surface area contributed by atoms with E-state index in [1.165, 1.54) is 12.1 Å². The van der Waals surface area contributed by atoms with E-state index in [0.29, 0.717) is 12.3 Å². The molecule has 0 aliphatic carbocycles. The third-order valence-corrected chi connectivity index (χ3v) is 4.72. The molecule has 0 bridgehead atoms. The summed E-state index contributed by atoms with van der Waals surface area (Å²) in [5.41, 5.74) is -1.46. The van der Waals surface area contributed by atoms with E-state index >= 15 is 0 Å². The largest absolute Gasteiger partial charge is 0.417 e. The number of anilines is 4. The molecule has 0 fully saturated rings. The number of nitro groups is 1. The molecule has 0 saturated carbocycles. The van der Waals surface area contributed by atoms with E-state index in [4.69, 9.17) is 34.8 Å². The van der Waals surface area contributed by atoms with Gasteiger partial charge in [0.2, 0.25) is 11.6 Å². The van der Waals surface area contributed by atoms with E-state index in [0.717, 1.165) is 6.33 Å². The van der Waals surface area contributed by atoms with Crippen LogP contribution in [-0.4, -0.2) is 19.9 Å². The number of nitrogens with one attached hydrogen (secondary N) is 2. The number of halogens is 6. The molecule has 30 heavy (non-hydrogen) atoms. The molecular weight excluding hydrogens is 472 g/mol. The molecule has 1 aromatic carbocycles. The third-order valence-electron chi connectivity index (χ3n) is 3.61. The molecule has 0 unspecified atom stereocenters. The summed E-state index contributed by atoms with van der Waals surface area (Å²) in [5.74, 6) is -0.868. The zero-order valence-electron chi connectivity index (χ0n) is 14.3. The van der Waals surface area contributed by atoms with Crippen molar-refractivity contribution in [3.8, 4) is 0 Å². The van der Waals surface area contributed by atoms with Gasteiger partial charge in [-0.05, 0) is 18.2 Å². The molecule has 8 nitrogen and oxygen atoms in total. The highest BCUT2D eigenvalue weighted by molar-refractivity contribution is 6.43. The molecule has 0 radical (unpaired) electrons. The van der Waals surface area contributed by atoms with Crippen LogP contribution in [0, 0.1) is 10.1 Å². The zero-order chi connectivity index (χ0) is 22.1. The highest BCUT2D eigenvalue weighted by Gasteiger charge is 2.32. The van der Waals surface area contributed by atoms with Crippen LogP contribution in [0.1, 0.15) is 5.56 Å². The normalized spacial score (nSPS) is 11.3. The summed E-state index contributed by atoms with van der Waals surface area (Å²) in [6.45, 7) is 0. The molecule has 0 amide bonds. The van der Waals surface area contributed by atoms with Crippen LogP contribution in [0.2, 0.25) is 15.1 Å². The van der Waals surface area contributed by atoms with Crippen molar-refractivity contribution in [2.24, 2.45) is 0 Å². The van der Waals surface area contributed by atoms with Gasteiger partial charge in [0.05, 0.1) is 31.2 Å². The number of alkyl halides is 3. The summed E-state index contributed by atoms with van der Waals surface area (Å²) in [5, 5.41) is 16.7. The van der Waals surface area contributed by atoms with Gasteiger partial charge < -0.3 is 10.6 Å². The van der Waals surface area contributed by atoms with Gasteiger partial charge in [-0.2, -0.15) is 13.2 Å². The number of hydrogen-bond donors (Lipinski definition) is 2. The van der Waals surface area contributed by atoms with Crippen molar-refractivity contribution in [2.45, 2.75) is 6.18 Å². The van der Waals surface area contributed by atoms with Crippen LogP contribution in [0.3, 0.4) is 0 Å². The average molecular weight is 480 g/mol. The van der Waals surface area contributed by atoms with Crippen molar-refractivity contribution in [3.63, 3.8) is 0 Å². The predicted molar refractivity (Wildman–Crippen MR) is 106 cm³/mol. The van der Waals surface area contributed by atoms with Crippen molar-refractivity contribution < 1.29 is 18.1 Å². The van der Waals surface area contributed by atoms with Gasteiger partial charge >= 0.3 is 11.9 Å². The van der Waals surface area contributed by atoms with Gasteiger partial charge in [-0.15, -0.1) is 0 Å². The van der Waals surface area contributed by atoms with Crippen LogP contribution in [0.5, 0.6) is 0 Å². The highest BCUT2D eigenvalue weighted by atomic mass is 35.5. The van der Waals surface area contributed by atoms with Crippen LogP contribution in [-0.2, 0) is 6.18 Å². The molecule has 3 aromatic rings. The Balaban J connectivity index is 2.00. The second-order valence-electron chi connectivity index (χ2n) is 5.58. The van der Waals surface area contributed by atoms with Gasteiger partial charge in [-0.3, -0.25) is 10.1 Å². The molecule has 0 aliphatic heterocycles. The fourth-order valence-electron chi connectivity index (χ4n) is 2.26. The first-order valence-electron chi connectivity index (χ1n) is 7.78. The Morgan fingerprint density at radius 1 is 0.967 bits per heavy atom. The maximum atomic E-state index is 12.8. The smallest absolute Gasteiger partial charge is 0.333 e. The number of hydrogen-bond acceptors (Lipinski definition) is 7. The topological polar surface area (TPSA) is 106 Å². The van der Waals surface area contributed by atoms with Crippen LogP contribution < -0.4 is 10.6 Å². The summed E-state index contributed by atoms with van der Waals surface area (Å²) in [4.78, 5) is 22.0. The SMILES string of the molecule is O=[N+]([O-])c1c(Nc2cccc(Cl)c2Cl)ncnc1Nc1ncc(C(F)(F)F)cc1Cl. The van der Waals surface area contributed by atoms with Gasteiger partial charge in [0.25, 0.3) is 0 Å². The van der Waals surface area contributed by atoms with Crippen LogP contribution in [0.15, 0.2) is 36.8 Å². The Hall–Kier alpha value is -2.89. The van der Waals surface area contributed by atoms with E-state index in [2.05, 4.69) is 25.6 Å².